The van der Waals surface area contributed by atoms with Gasteiger partial charge < -0.3 is 5.32 Å². The topological polar surface area (TPSA) is 12.0 Å². The summed E-state index contributed by atoms with van der Waals surface area (Å²) in [5.74, 6) is 1.50. The quantitative estimate of drug-likeness (QED) is 0.807. The minimum absolute atomic E-state index is 0.748. The number of nitrogens with one attached hydrogen (secondary N) is 1. The summed E-state index contributed by atoms with van der Waals surface area (Å²) in [6, 6.07) is 7.18. The molecule has 1 atom stereocenters. The van der Waals surface area contributed by atoms with Crippen LogP contribution in [0.25, 0.3) is 0 Å². The van der Waals surface area contributed by atoms with Crippen molar-refractivity contribution in [1.29, 1.82) is 0 Å². The summed E-state index contributed by atoms with van der Waals surface area (Å²) in [6.45, 7) is 9.09. The van der Waals surface area contributed by atoms with E-state index in [4.69, 9.17) is 0 Å². The van der Waals surface area contributed by atoms with Gasteiger partial charge in [0.15, 0.2) is 0 Å². The predicted octanol–water partition coefficient (Wildman–Crippen LogP) is 3.60. The van der Waals surface area contributed by atoms with Crippen LogP contribution in [-0.4, -0.2) is 13.1 Å². The van der Waals surface area contributed by atoms with Gasteiger partial charge in [-0.1, -0.05) is 39.0 Å². The van der Waals surface area contributed by atoms with Gasteiger partial charge in [-0.15, -0.1) is 0 Å². The van der Waals surface area contributed by atoms with Crippen molar-refractivity contribution in [2.24, 2.45) is 11.8 Å². The standard InChI is InChI=1S/C17H27N/c1-4-18-12-17(13(2)3)11-14-8-9-15-6-5-7-16(15)10-14/h8-10,13,17-18H,4-7,11-12H2,1-3H3. The minimum Gasteiger partial charge on any atom is -0.317 e. The van der Waals surface area contributed by atoms with E-state index in [2.05, 4.69) is 44.3 Å². The molecule has 0 fully saturated rings. The van der Waals surface area contributed by atoms with Crippen LogP contribution >= 0.6 is 0 Å². The molecule has 2 rings (SSSR count). The number of aryl methyl sites for hydroxylation is 2. The fourth-order valence-corrected chi connectivity index (χ4v) is 2.93. The van der Waals surface area contributed by atoms with Crippen LogP contribution < -0.4 is 5.32 Å². The van der Waals surface area contributed by atoms with Crippen molar-refractivity contribution in [3.05, 3.63) is 34.9 Å². The SMILES string of the molecule is CCNCC(Cc1ccc2c(c1)CCC2)C(C)C. The van der Waals surface area contributed by atoms with E-state index in [-0.39, 0.29) is 0 Å². The summed E-state index contributed by atoms with van der Waals surface area (Å²) in [7, 11) is 0. The molecule has 1 aliphatic rings. The van der Waals surface area contributed by atoms with Gasteiger partial charge in [0, 0.05) is 0 Å². The third-order valence-corrected chi connectivity index (χ3v) is 4.26. The Bertz CT molecular complexity index is 381. The average Bonchev–Trinajstić information content (AvgIpc) is 2.81. The van der Waals surface area contributed by atoms with Crippen LogP contribution in [0.5, 0.6) is 0 Å². The van der Waals surface area contributed by atoms with Crippen molar-refractivity contribution in [3.63, 3.8) is 0 Å². The highest BCUT2D eigenvalue weighted by Gasteiger charge is 2.16. The molecule has 0 radical (unpaired) electrons. The van der Waals surface area contributed by atoms with E-state index >= 15 is 0 Å². The first-order valence-electron chi connectivity index (χ1n) is 7.52. The van der Waals surface area contributed by atoms with Crippen molar-refractivity contribution in [2.75, 3.05) is 13.1 Å². The molecule has 1 unspecified atom stereocenters. The third-order valence-electron chi connectivity index (χ3n) is 4.26. The second-order valence-electron chi connectivity index (χ2n) is 5.97. The number of rotatable bonds is 6. The largest absolute Gasteiger partial charge is 0.317 e. The Balaban J connectivity index is 2.02. The third kappa shape index (κ3) is 3.35. The molecule has 0 heterocycles. The van der Waals surface area contributed by atoms with Crippen LogP contribution in [0.2, 0.25) is 0 Å². The Morgan fingerprint density at radius 3 is 2.67 bits per heavy atom. The number of fused-ring (bicyclic) bond motifs is 1. The molecule has 0 aliphatic heterocycles. The molecular weight excluding hydrogens is 218 g/mol. The van der Waals surface area contributed by atoms with Crippen molar-refractivity contribution in [2.45, 2.75) is 46.5 Å². The van der Waals surface area contributed by atoms with Crippen LogP contribution in [0.1, 0.15) is 43.9 Å². The lowest BCUT2D eigenvalue weighted by Crippen LogP contribution is -2.27. The number of benzene rings is 1. The van der Waals surface area contributed by atoms with Crippen LogP contribution in [0.3, 0.4) is 0 Å². The first kappa shape index (κ1) is 13.6. The molecule has 1 N–H and O–H groups in total. The van der Waals surface area contributed by atoms with Gasteiger partial charge in [0.05, 0.1) is 0 Å². The van der Waals surface area contributed by atoms with E-state index in [1.807, 2.05) is 0 Å². The smallest absolute Gasteiger partial charge is 0.00150 e. The van der Waals surface area contributed by atoms with E-state index in [0.717, 1.165) is 24.9 Å². The highest BCUT2D eigenvalue weighted by Crippen LogP contribution is 2.25. The molecule has 1 aliphatic carbocycles. The van der Waals surface area contributed by atoms with Gasteiger partial charge in [-0.05, 0) is 67.3 Å². The Kier molecular flexibility index (Phi) is 4.82. The van der Waals surface area contributed by atoms with Gasteiger partial charge in [0.2, 0.25) is 0 Å². The second kappa shape index (κ2) is 6.38. The van der Waals surface area contributed by atoms with Crippen LogP contribution in [0.4, 0.5) is 0 Å². The van der Waals surface area contributed by atoms with Crippen molar-refractivity contribution < 1.29 is 0 Å². The lowest BCUT2D eigenvalue weighted by Gasteiger charge is -2.21. The van der Waals surface area contributed by atoms with Crippen molar-refractivity contribution in [3.8, 4) is 0 Å². The lowest BCUT2D eigenvalue weighted by molar-refractivity contribution is 0.363. The summed E-state index contributed by atoms with van der Waals surface area (Å²) >= 11 is 0. The minimum atomic E-state index is 0.748. The highest BCUT2D eigenvalue weighted by atomic mass is 14.8. The maximum Gasteiger partial charge on any atom is -0.00150 e. The normalized spacial score (nSPS) is 16.0. The van der Waals surface area contributed by atoms with Crippen LogP contribution in [0.15, 0.2) is 18.2 Å². The van der Waals surface area contributed by atoms with Gasteiger partial charge in [-0.25, -0.2) is 0 Å². The van der Waals surface area contributed by atoms with E-state index < -0.39 is 0 Å². The molecule has 0 spiro atoms. The van der Waals surface area contributed by atoms with Crippen molar-refractivity contribution >= 4 is 0 Å². The number of hydrogen-bond acceptors (Lipinski definition) is 1. The molecule has 0 saturated carbocycles. The molecule has 0 bridgehead atoms. The fraction of sp³-hybridized carbons (Fsp3) is 0.647. The highest BCUT2D eigenvalue weighted by molar-refractivity contribution is 5.35. The van der Waals surface area contributed by atoms with Gasteiger partial charge in [-0.3, -0.25) is 0 Å². The maximum absolute atomic E-state index is 3.50. The monoisotopic (exact) mass is 245 g/mol. The molecule has 0 saturated heterocycles. The fourth-order valence-electron chi connectivity index (χ4n) is 2.93. The predicted molar refractivity (Wildman–Crippen MR) is 79.0 cm³/mol. The summed E-state index contributed by atoms with van der Waals surface area (Å²) < 4.78 is 0. The average molecular weight is 245 g/mol. The molecule has 1 nitrogen and oxygen atoms in total. The molecule has 100 valence electrons. The summed E-state index contributed by atoms with van der Waals surface area (Å²) in [5, 5.41) is 3.50. The van der Waals surface area contributed by atoms with Crippen LogP contribution in [0, 0.1) is 11.8 Å². The molecular formula is C17H27N. The molecule has 1 heteroatoms. The van der Waals surface area contributed by atoms with E-state index in [1.54, 1.807) is 11.1 Å². The lowest BCUT2D eigenvalue weighted by atomic mass is 9.88. The van der Waals surface area contributed by atoms with Gasteiger partial charge in [-0.2, -0.15) is 0 Å². The zero-order valence-corrected chi connectivity index (χ0v) is 12.1. The Morgan fingerprint density at radius 2 is 1.94 bits per heavy atom. The van der Waals surface area contributed by atoms with Crippen molar-refractivity contribution in [1.82, 2.24) is 5.32 Å². The Labute approximate surface area is 112 Å². The number of hydrogen-bond donors (Lipinski definition) is 1. The Morgan fingerprint density at radius 1 is 1.17 bits per heavy atom. The Hall–Kier alpha value is -0.820. The van der Waals surface area contributed by atoms with E-state index in [1.165, 1.54) is 31.2 Å². The van der Waals surface area contributed by atoms with Crippen LogP contribution in [-0.2, 0) is 19.3 Å². The van der Waals surface area contributed by atoms with Gasteiger partial charge >= 0.3 is 0 Å². The maximum atomic E-state index is 3.50. The van der Waals surface area contributed by atoms with Gasteiger partial charge in [0.25, 0.3) is 0 Å². The molecule has 1 aromatic rings. The molecule has 0 aromatic heterocycles. The van der Waals surface area contributed by atoms with E-state index in [0.29, 0.717) is 0 Å². The summed E-state index contributed by atoms with van der Waals surface area (Å²) in [5.41, 5.74) is 4.73. The zero-order valence-electron chi connectivity index (χ0n) is 12.1. The summed E-state index contributed by atoms with van der Waals surface area (Å²) in [6.07, 6.45) is 5.16. The molecule has 0 amide bonds. The molecule has 18 heavy (non-hydrogen) atoms. The zero-order chi connectivity index (χ0) is 13.0. The summed E-state index contributed by atoms with van der Waals surface area (Å²) in [4.78, 5) is 0. The second-order valence-corrected chi connectivity index (χ2v) is 5.97. The first-order valence-corrected chi connectivity index (χ1v) is 7.52. The molecule has 1 aromatic carbocycles. The first-order chi connectivity index (χ1) is 8.70. The van der Waals surface area contributed by atoms with E-state index in [9.17, 15) is 0 Å². The van der Waals surface area contributed by atoms with Gasteiger partial charge in [0.1, 0.15) is 0 Å².